The van der Waals surface area contributed by atoms with Crippen molar-refractivity contribution in [2.75, 3.05) is 19.8 Å². The molecular weight excluding hydrogens is 502 g/mol. The van der Waals surface area contributed by atoms with Crippen molar-refractivity contribution in [2.24, 2.45) is 5.11 Å². The Kier molecular flexibility index (Phi) is 10.6. The van der Waals surface area contributed by atoms with Crippen LogP contribution in [0, 0.1) is 6.92 Å². The molecule has 1 fully saturated rings. The minimum Gasteiger partial charge on any atom is -0.456 e. The minimum atomic E-state index is -4.25. The molecule has 0 amide bonds. The lowest BCUT2D eigenvalue weighted by Gasteiger charge is -2.44. The lowest BCUT2D eigenvalue weighted by molar-refractivity contribution is -0.306. The van der Waals surface area contributed by atoms with Gasteiger partial charge in [0.15, 0.2) is 24.6 Å². The first-order valence-corrected chi connectivity index (χ1v) is 12.1. The monoisotopic (exact) mass is 529 g/mol. The van der Waals surface area contributed by atoms with Gasteiger partial charge < -0.3 is 23.7 Å². The highest BCUT2D eigenvalue weighted by Gasteiger charge is 2.52. The number of nitrogens with zero attached hydrogens (tertiary/aromatic N) is 3. The zero-order valence-corrected chi connectivity index (χ0v) is 20.9. The number of rotatable bonds is 11. The molecule has 15 heteroatoms. The topological polar surface area (TPSA) is 189 Å². The van der Waals surface area contributed by atoms with Crippen LogP contribution in [0.15, 0.2) is 34.3 Å². The molecular formula is C21H27N3O11S. The average molecular weight is 530 g/mol. The van der Waals surface area contributed by atoms with Gasteiger partial charge in [0.25, 0.3) is 10.1 Å². The fourth-order valence-electron chi connectivity index (χ4n) is 3.31. The first kappa shape index (κ1) is 29.0. The maximum absolute atomic E-state index is 12.7. The Morgan fingerprint density at radius 2 is 1.53 bits per heavy atom. The Balaban J connectivity index is 2.38. The number of carbonyl (C=O) groups is 3. The predicted molar refractivity (Wildman–Crippen MR) is 120 cm³/mol. The summed E-state index contributed by atoms with van der Waals surface area (Å²) in [5, 5.41) is 3.32. The molecule has 36 heavy (non-hydrogen) atoms. The second-order valence-corrected chi connectivity index (χ2v) is 9.26. The molecule has 1 unspecified atom stereocenters. The maximum atomic E-state index is 12.7. The molecule has 1 heterocycles. The summed E-state index contributed by atoms with van der Waals surface area (Å²) in [6.07, 6.45) is -7.04. The largest absolute Gasteiger partial charge is 0.456 e. The van der Waals surface area contributed by atoms with E-state index >= 15 is 0 Å². The molecule has 1 saturated heterocycles. The summed E-state index contributed by atoms with van der Waals surface area (Å²) in [6.45, 7) is 4.06. The number of aryl methyl sites for hydroxylation is 1. The van der Waals surface area contributed by atoms with Crippen LogP contribution in [-0.4, -0.2) is 76.8 Å². The zero-order chi connectivity index (χ0) is 26.9. The van der Waals surface area contributed by atoms with Crippen LogP contribution in [-0.2, 0) is 52.4 Å². The predicted octanol–water partition coefficient (Wildman–Crippen LogP) is 1.55. The summed E-state index contributed by atoms with van der Waals surface area (Å²) in [5.74, 6) is -2.41. The molecule has 1 aromatic carbocycles. The van der Waals surface area contributed by atoms with E-state index < -0.39 is 65.3 Å². The highest BCUT2D eigenvalue weighted by atomic mass is 32.2. The summed E-state index contributed by atoms with van der Waals surface area (Å²) in [4.78, 5) is 37.9. The number of azide groups is 1. The van der Waals surface area contributed by atoms with Crippen LogP contribution in [0.5, 0.6) is 0 Å². The third kappa shape index (κ3) is 8.46. The summed E-state index contributed by atoms with van der Waals surface area (Å²) in [7, 11) is -4.25. The summed E-state index contributed by atoms with van der Waals surface area (Å²) in [5.41, 5.74) is 9.29. The van der Waals surface area contributed by atoms with E-state index in [2.05, 4.69) is 10.0 Å². The Morgan fingerprint density at radius 1 is 0.972 bits per heavy atom. The molecule has 1 aromatic rings. The van der Waals surface area contributed by atoms with Crippen LogP contribution in [0.3, 0.4) is 0 Å². The van der Waals surface area contributed by atoms with Gasteiger partial charge in [-0.1, -0.05) is 22.8 Å². The van der Waals surface area contributed by atoms with E-state index in [-0.39, 0.29) is 18.0 Å². The highest BCUT2D eigenvalue weighted by molar-refractivity contribution is 7.86. The van der Waals surface area contributed by atoms with Crippen LogP contribution >= 0.6 is 0 Å². The SMILES string of the molecule is CC(=O)O[C@H]1[C@H](OC(C)=O)[C@@H](OC(C)=O)C(OCCN=[N+]=[N-])O[C@@H]1COS(=O)(=O)c1ccc(C)cc1. The number of benzene rings is 1. The molecule has 0 bridgehead atoms. The van der Waals surface area contributed by atoms with Gasteiger partial charge >= 0.3 is 17.9 Å². The molecule has 0 spiro atoms. The number of hydrogen-bond donors (Lipinski definition) is 0. The molecule has 14 nitrogen and oxygen atoms in total. The van der Waals surface area contributed by atoms with E-state index in [0.29, 0.717) is 0 Å². The lowest BCUT2D eigenvalue weighted by Crippen LogP contribution is -2.63. The van der Waals surface area contributed by atoms with Gasteiger partial charge in [-0.2, -0.15) is 8.42 Å². The van der Waals surface area contributed by atoms with Crippen LogP contribution in [0.2, 0.25) is 0 Å². The molecule has 5 atom stereocenters. The van der Waals surface area contributed by atoms with Gasteiger partial charge in [-0.05, 0) is 24.6 Å². The van der Waals surface area contributed by atoms with E-state index in [0.717, 1.165) is 26.3 Å². The van der Waals surface area contributed by atoms with Gasteiger partial charge in [0.1, 0.15) is 6.10 Å². The molecule has 1 aliphatic heterocycles. The standard InChI is InChI=1S/C21H27N3O11S/c1-12-5-7-16(8-6-12)36(28,29)31-11-17-18(32-13(2)25)19(33-14(3)26)20(34-15(4)27)21(35-17)30-10-9-23-24-22/h5-8,17-21H,9-11H2,1-4H3/t17-,18-,19+,20-,21?/m1/s1. The average Bonchev–Trinajstić information content (AvgIpc) is 2.78. The zero-order valence-electron chi connectivity index (χ0n) is 20.1. The van der Waals surface area contributed by atoms with Crippen molar-refractivity contribution >= 4 is 28.0 Å². The smallest absolute Gasteiger partial charge is 0.303 e. The van der Waals surface area contributed by atoms with Crippen LogP contribution in [0.1, 0.15) is 26.3 Å². The van der Waals surface area contributed by atoms with Crippen LogP contribution in [0.4, 0.5) is 0 Å². The molecule has 1 aliphatic rings. The van der Waals surface area contributed by atoms with Crippen molar-refractivity contribution in [1.82, 2.24) is 0 Å². The molecule has 0 aromatic heterocycles. The quantitative estimate of drug-likeness (QED) is 0.0768. The number of hydrogen-bond acceptors (Lipinski definition) is 12. The van der Waals surface area contributed by atoms with Gasteiger partial charge in [0.2, 0.25) is 0 Å². The van der Waals surface area contributed by atoms with Gasteiger partial charge in [0.05, 0.1) is 18.1 Å². The van der Waals surface area contributed by atoms with Gasteiger partial charge in [-0.25, -0.2) is 0 Å². The van der Waals surface area contributed by atoms with Crippen molar-refractivity contribution in [2.45, 2.75) is 63.3 Å². The van der Waals surface area contributed by atoms with Gasteiger partial charge in [0, 0.05) is 32.2 Å². The maximum Gasteiger partial charge on any atom is 0.303 e. The number of ether oxygens (including phenoxy) is 5. The fraction of sp³-hybridized carbons (Fsp3) is 0.571. The highest BCUT2D eigenvalue weighted by Crippen LogP contribution is 2.30. The fourth-order valence-corrected chi connectivity index (χ4v) is 4.23. The number of carbonyl (C=O) groups excluding carboxylic acids is 3. The summed E-state index contributed by atoms with van der Waals surface area (Å²) >= 11 is 0. The molecule has 0 radical (unpaired) electrons. The molecule has 0 saturated carbocycles. The second-order valence-electron chi connectivity index (χ2n) is 7.64. The minimum absolute atomic E-state index is 0.113. The van der Waals surface area contributed by atoms with E-state index in [9.17, 15) is 22.8 Å². The van der Waals surface area contributed by atoms with Crippen molar-refractivity contribution < 1.29 is 50.7 Å². The molecule has 2 rings (SSSR count). The summed E-state index contributed by atoms with van der Waals surface area (Å²) in [6, 6.07) is 5.89. The van der Waals surface area contributed by atoms with Crippen molar-refractivity contribution in [3.05, 3.63) is 40.3 Å². The first-order chi connectivity index (χ1) is 16.9. The van der Waals surface area contributed by atoms with Gasteiger partial charge in [-0.15, -0.1) is 0 Å². The van der Waals surface area contributed by atoms with Crippen molar-refractivity contribution in [1.29, 1.82) is 0 Å². The van der Waals surface area contributed by atoms with E-state index in [4.69, 9.17) is 33.4 Å². The normalized spacial score (nSPS) is 23.7. The molecule has 0 aliphatic carbocycles. The van der Waals surface area contributed by atoms with Gasteiger partial charge in [-0.3, -0.25) is 18.6 Å². The van der Waals surface area contributed by atoms with E-state index in [1.807, 2.05) is 0 Å². The Morgan fingerprint density at radius 3 is 2.08 bits per heavy atom. The van der Waals surface area contributed by atoms with Crippen LogP contribution in [0.25, 0.3) is 10.4 Å². The molecule has 198 valence electrons. The van der Waals surface area contributed by atoms with Crippen LogP contribution < -0.4 is 0 Å². The van der Waals surface area contributed by atoms with Crippen molar-refractivity contribution in [3.63, 3.8) is 0 Å². The van der Waals surface area contributed by atoms with E-state index in [1.54, 1.807) is 19.1 Å². The summed E-state index contributed by atoms with van der Waals surface area (Å²) < 4.78 is 57.6. The first-order valence-electron chi connectivity index (χ1n) is 10.7. The Labute approximate surface area is 207 Å². The number of esters is 3. The Bertz CT molecular complexity index is 1090. The second kappa shape index (κ2) is 13.2. The Hall–Kier alpha value is -3.23. The third-order valence-electron chi connectivity index (χ3n) is 4.73. The third-order valence-corrected chi connectivity index (χ3v) is 6.03. The molecule has 0 N–H and O–H groups in total. The van der Waals surface area contributed by atoms with E-state index in [1.165, 1.54) is 12.1 Å². The lowest BCUT2D eigenvalue weighted by atomic mass is 9.98. The van der Waals surface area contributed by atoms with Crippen molar-refractivity contribution in [3.8, 4) is 0 Å².